The van der Waals surface area contributed by atoms with Gasteiger partial charge in [0.15, 0.2) is 0 Å². The Morgan fingerprint density at radius 1 is 0.686 bits per heavy atom. The van der Waals surface area contributed by atoms with Gasteiger partial charge in [-0.05, 0) is 48.1 Å². The second kappa shape index (κ2) is 9.17. The molecule has 0 spiro atoms. The summed E-state index contributed by atoms with van der Waals surface area (Å²) in [5.74, 6) is 0.665. The van der Waals surface area contributed by atoms with Gasteiger partial charge in [-0.3, -0.25) is 0 Å². The van der Waals surface area contributed by atoms with Crippen LogP contribution in [0.2, 0.25) is 0 Å². The molecule has 4 aromatic carbocycles. The highest BCUT2D eigenvalue weighted by atomic mass is 16.6. The minimum absolute atomic E-state index is 0.665. The van der Waals surface area contributed by atoms with Crippen LogP contribution in [0.25, 0.3) is 16.2 Å². The van der Waals surface area contributed by atoms with Crippen molar-refractivity contribution >= 4 is 33.5 Å². The van der Waals surface area contributed by atoms with Crippen LogP contribution in [0.1, 0.15) is 43.2 Å². The van der Waals surface area contributed by atoms with E-state index in [4.69, 9.17) is 0 Å². The zero-order chi connectivity index (χ0) is 23.8. The third-order valence-electron chi connectivity index (χ3n) is 8.71. The predicted molar refractivity (Wildman–Crippen MR) is 152 cm³/mol. The van der Waals surface area contributed by atoms with Crippen LogP contribution in [0.4, 0.5) is 0 Å². The third-order valence-corrected chi connectivity index (χ3v) is 8.71. The Kier molecular flexibility index (Phi) is 5.86. The third kappa shape index (κ3) is 3.76. The van der Waals surface area contributed by atoms with E-state index in [0.717, 1.165) is 6.61 Å². The summed E-state index contributed by atoms with van der Waals surface area (Å²) in [6.45, 7) is 3.15. The summed E-state index contributed by atoms with van der Waals surface area (Å²) >= 11 is 0. The van der Waals surface area contributed by atoms with Crippen LogP contribution in [-0.2, 0) is 4.28 Å². The molecule has 1 aliphatic heterocycles. The average molecular weight is 458 g/mol. The largest absolute Gasteiger partial charge is 0.659 e. The Labute approximate surface area is 210 Å². The van der Waals surface area contributed by atoms with Gasteiger partial charge in [-0.1, -0.05) is 127 Å². The molecule has 1 heterocycles. The van der Waals surface area contributed by atoms with Gasteiger partial charge in [0.25, 0.3) is 0 Å². The first-order valence-corrected chi connectivity index (χ1v) is 13.3. The molecule has 2 heteroatoms. The Bertz CT molecular complexity index is 1370. The molecule has 1 aliphatic carbocycles. The summed E-state index contributed by atoms with van der Waals surface area (Å²) in [6, 6.07) is 36.5. The van der Waals surface area contributed by atoms with Crippen molar-refractivity contribution in [2.24, 2.45) is 5.92 Å². The lowest BCUT2D eigenvalue weighted by atomic mass is 9.26. The van der Waals surface area contributed by atoms with Gasteiger partial charge in [0.1, 0.15) is 6.61 Å². The number of aryl methyl sites for hydroxylation is 1. The number of benzene rings is 4. The van der Waals surface area contributed by atoms with Gasteiger partial charge in [-0.2, -0.15) is 0 Å². The number of hydrogen-bond donors (Lipinski definition) is 0. The van der Waals surface area contributed by atoms with E-state index in [1.165, 1.54) is 64.9 Å². The molecule has 0 bridgehead atoms. The minimum atomic E-state index is -1.33. The molecule has 6 rings (SSSR count). The maximum absolute atomic E-state index is 3.75. The number of hydrogen-bond acceptors (Lipinski definition) is 0. The maximum Gasteiger partial charge on any atom is 0.377 e. The van der Waals surface area contributed by atoms with E-state index >= 15 is 0 Å². The highest BCUT2D eigenvalue weighted by Gasteiger charge is 2.52. The highest BCUT2D eigenvalue weighted by Crippen LogP contribution is 2.46. The SMILES string of the molecule is Cc1ccc([B-]2(c3ccccc3)C(c3ccc4ccccc4c3)=C(C3CCCCC3)C[O+]2C)cc1. The molecule has 1 saturated carbocycles. The van der Waals surface area contributed by atoms with E-state index < -0.39 is 6.35 Å². The fourth-order valence-electron chi connectivity index (χ4n) is 7.03. The molecule has 0 aromatic heterocycles. The quantitative estimate of drug-likeness (QED) is 0.229. The first-order valence-electron chi connectivity index (χ1n) is 13.3. The Hall–Kier alpha value is -3.10. The minimum Gasteiger partial charge on any atom is -0.659 e. The number of rotatable bonds is 4. The van der Waals surface area contributed by atoms with Crippen LogP contribution in [0.15, 0.2) is 103 Å². The molecule has 1 nitrogen and oxygen atoms in total. The zero-order valence-corrected chi connectivity index (χ0v) is 21.0. The van der Waals surface area contributed by atoms with Crippen LogP contribution >= 0.6 is 0 Å². The van der Waals surface area contributed by atoms with E-state index in [9.17, 15) is 0 Å². The second-order valence-corrected chi connectivity index (χ2v) is 10.8. The Morgan fingerprint density at radius 3 is 2.09 bits per heavy atom. The van der Waals surface area contributed by atoms with E-state index in [1.54, 1.807) is 11.0 Å². The average Bonchev–Trinajstić information content (AvgIpc) is 3.23. The van der Waals surface area contributed by atoms with Crippen LogP contribution in [0.5, 0.6) is 0 Å². The lowest BCUT2D eigenvalue weighted by Gasteiger charge is -2.43. The summed E-state index contributed by atoms with van der Waals surface area (Å²) < 4.78 is 3.75. The smallest absolute Gasteiger partial charge is 0.377 e. The molecule has 1 fully saturated rings. The van der Waals surface area contributed by atoms with Crippen LogP contribution in [-0.4, -0.2) is 20.1 Å². The van der Waals surface area contributed by atoms with Crippen LogP contribution < -0.4 is 10.9 Å². The maximum atomic E-state index is 3.75. The van der Waals surface area contributed by atoms with Gasteiger partial charge in [0.05, 0.1) is 7.11 Å². The predicted octanol–water partition coefficient (Wildman–Crippen LogP) is 6.98. The second-order valence-electron chi connectivity index (χ2n) is 10.8. The molecule has 1 unspecified atom stereocenters. The van der Waals surface area contributed by atoms with Gasteiger partial charge in [0, 0.05) is 0 Å². The van der Waals surface area contributed by atoms with Crippen molar-refractivity contribution in [3.05, 3.63) is 114 Å². The van der Waals surface area contributed by atoms with Crippen molar-refractivity contribution in [2.75, 3.05) is 13.7 Å². The normalized spacial score (nSPS) is 21.7. The Morgan fingerprint density at radius 2 is 1.34 bits per heavy atom. The van der Waals surface area contributed by atoms with E-state index in [0.29, 0.717) is 5.92 Å². The molecule has 35 heavy (non-hydrogen) atoms. The standard InChI is InChI=1S/C33H35BO/c1-25-17-21-31(22-18-25)34(30-15-7-4-8-16-30)33(29-20-19-26-11-9-10-14-28(26)23-29)32(24-35(34)2)27-12-5-3-6-13-27/h4,7-11,14-23,27H,3,5-6,12-13,24H2,1-2H3. The Balaban J connectivity index is 1.67. The molecule has 0 N–H and O–H groups in total. The van der Waals surface area contributed by atoms with E-state index in [-0.39, 0.29) is 0 Å². The first kappa shape index (κ1) is 22.4. The summed E-state index contributed by atoms with van der Waals surface area (Å²) in [6.07, 6.45) is 5.38. The summed E-state index contributed by atoms with van der Waals surface area (Å²) in [5.41, 5.74) is 8.66. The van der Waals surface area contributed by atoms with Gasteiger partial charge < -0.3 is 4.28 Å². The van der Waals surface area contributed by atoms with Crippen LogP contribution in [0, 0.1) is 12.8 Å². The van der Waals surface area contributed by atoms with Gasteiger partial charge in [0.2, 0.25) is 0 Å². The van der Waals surface area contributed by atoms with Gasteiger partial charge >= 0.3 is 6.35 Å². The summed E-state index contributed by atoms with van der Waals surface area (Å²) in [7, 11) is 2.28. The van der Waals surface area contributed by atoms with E-state index in [2.05, 4.69) is 115 Å². The van der Waals surface area contributed by atoms with Crippen molar-refractivity contribution in [3.63, 3.8) is 0 Å². The molecule has 2 aliphatic rings. The molecular formula is C33H35BO. The highest BCUT2D eigenvalue weighted by molar-refractivity contribution is 7.12. The van der Waals surface area contributed by atoms with Crippen molar-refractivity contribution in [2.45, 2.75) is 39.0 Å². The van der Waals surface area contributed by atoms with E-state index in [1.807, 2.05) is 0 Å². The molecule has 0 amide bonds. The summed E-state index contributed by atoms with van der Waals surface area (Å²) in [5, 5.41) is 2.63. The first-order chi connectivity index (χ1) is 17.2. The van der Waals surface area contributed by atoms with Gasteiger partial charge in [-0.25, -0.2) is 0 Å². The van der Waals surface area contributed by atoms with Crippen molar-refractivity contribution in [3.8, 4) is 0 Å². The molecule has 4 aromatic rings. The lowest BCUT2D eigenvalue weighted by Crippen LogP contribution is -2.64. The molecule has 0 saturated heterocycles. The fourth-order valence-corrected chi connectivity index (χ4v) is 7.03. The zero-order valence-electron chi connectivity index (χ0n) is 21.0. The lowest BCUT2D eigenvalue weighted by molar-refractivity contribution is 0.0786. The molecule has 0 radical (unpaired) electrons. The van der Waals surface area contributed by atoms with Crippen molar-refractivity contribution in [1.29, 1.82) is 0 Å². The van der Waals surface area contributed by atoms with Crippen molar-refractivity contribution < 1.29 is 4.28 Å². The molecular weight excluding hydrogens is 423 g/mol. The van der Waals surface area contributed by atoms with Gasteiger partial charge in [-0.15, -0.1) is 10.9 Å². The topological polar surface area (TPSA) is 2.70 Å². The molecule has 176 valence electrons. The molecule has 1 atom stereocenters. The monoisotopic (exact) mass is 458 g/mol. The fraction of sp³-hybridized carbons (Fsp3) is 0.273. The summed E-state index contributed by atoms with van der Waals surface area (Å²) in [4.78, 5) is 0. The number of fused-ring (bicyclic) bond motifs is 1. The van der Waals surface area contributed by atoms with Crippen molar-refractivity contribution in [1.82, 2.24) is 0 Å². The van der Waals surface area contributed by atoms with Crippen LogP contribution in [0.3, 0.4) is 0 Å².